The zero-order chi connectivity index (χ0) is 14.9. The van der Waals surface area contributed by atoms with Crippen LogP contribution in [0.3, 0.4) is 0 Å². The summed E-state index contributed by atoms with van der Waals surface area (Å²) in [5.74, 6) is 0.244. The van der Waals surface area contributed by atoms with Crippen LogP contribution in [0.4, 0.5) is 0 Å². The highest BCUT2D eigenvalue weighted by Gasteiger charge is 2.19. The molecule has 1 aromatic rings. The zero-order valence-electron chi connectivity index (χ0n) is 13.1. The molecule has 124 valence electrons. The number of carbonyl (C=O) groups is 1. The third kappa shape index (κ3) is 6.77. The Morgan fingerprint density at radius 3 is 2.55 bits per heavy atom. The van der Waals surface area contributed by atoms with Crippen LogP contribution in [0, 0.1) is 0 Å². The molecule has 1 aliphatic rings. The highest BCUT2D eigenvalue weighted by atomic mass is 35.5. The van der Waals surface area contributed by atoms with E-state index in [1.54, 1.807) is 0 Å². The summed E-state index contributed by atoms with van der Waals surface area (Å²) in [6.07, 6.45) is 4.17. The van der Waals surface area contributed by atoms with E-state index < -0.39 is 0 Å². The van der Waals surface area contributed by atoms with Gasteiger partial charge in [0.1, 0.15) is 0 Å². The summed E-state index contributed by atoms with van der Waals surface area (Å²) < 4.78 is 5.60. The molecule has 2 N–H and O–H groups in total. The molecule has 22 heavy (non-hydrogen) atoms. The van der Waals surface area contributed by atoms with Gasteiger partial charge < -0.3 is 15.4 Å². The van der Waals surface area contributed by atoms with Gasteiger partial charge in [-0.1, -0.05) is 30.3 Å². The summed E-state index contributed by atoms with van der Waals surface area (Å²) >= 11 is 0. The summed E-state index contributed by atoms with van der Waals surface area (Å²) in [4.78, 5) is 13.9. The van der Waals surface area contributed by atoms with Crippen molar-refractivity contribution >= 4 is 18.3 Å². The molecule has 0 aliphatic carbocycles. The van der Waals surface area contributed by atoms with Crippen LogP contribution >= 0.6 is 12.4 Å². The number of piperidine rings is 1. The van der Waals surface area contributed by atoms with Crippen molar-refractivity contribution in [1.82, 2.24) is 4.90 Å². The molecule has 1 saturated heterocycles. The molecule has 1 fully saturated rings. The predicted octanol–water partition coefficient (Wildman–Crippen LogP) is 2.40. The number of amides is 1. The van der Waals surface area contributed by atoms with Crippen molar-refractivity contribution < 1.29 is 9.53 Å². The molecule has 1 aliphatic heterocycles. The number of halogens is 1. The molecule has 5 heteroatoms. The molecule has 4 nitrogen and oxygen atoms in total. The van der Waals surface area contributed by atoms with Crippen molar-refractivity contribution in [2.75, 3.05) is 26.3 Å². The van der Waals surface area contributed by atoms with Gasteiger partial charge in [-0.2, -0.15) is 0 Å². The van der Waals surface area contributed by atoms with E-state index in [1.165, 1.54) is 5.56 Å². The Kier molecular flexibility index (Phi) is 9.13. The Morgan fingerprint density at radius 1 is 1.18 bits per heavy atom. The zero-order valence-corrected chi connectivity index (χ0v) is 13.9. The number of hydrogen-bond donors (Lipinski definition) is 1. The minimum atomic E-state index is 0. The number of benzene rings is 1. The van der Waals surface area contributed by atoms with E-state index in [4.69, 9.17) is 10.5 Å². The SMILES string of the molecule is Cl.NC1CCN(C(=O)CCCOCCc2ccccc2)CC1. The highest BCUT2D eigenvalue weighted by molar-refractivity contribution is 5.85. The number of nitrogens with two attached hydrogens (primary N) is 1. The summed E-state index contributed by atoms with van der Waals surface area (Å²) in [6, 6.07) is 10.6. The lowest BCUT2D eigenvalue weighted by atomic mass is 10.1. The number of hydrogen-bond acceptors (Lipinski definition) is 3. The number of nitrogens with zero attached hydrogens (tertiary/aromatic N) is 1. The maximum atomic E-state index is 12.0. The number of ether oxygens (including phenoxy) is 1. The van der Waals surface area contributed by atoms with Gasteiger partial charge in [0.05, 0.1) is 6.61 Å². The molecular formula is C17H27ClN2O2. The lowest BCUT2D eigenvalue weighted by molar-refractivity contribution is -0.132. The quantitative estimate of drug-likeness (QED) is 0.783. The molecular weight excluding hydrogens is 300 g/mol. The van der Waals surface area contributed by atoms with Gasteiger partial charge in [0, 0.05) is 32.2 Å². The Morgan fingerprint density at radius 2 is 1.86 bits per heavy atom. The van der Waals surface area contributed by atoms with E-state index in [1.807, 2.05) is 23.1 Å². The minimum absolute atomic E-state index is 0. The molecule has 0 aromatic heterocycles. The van der Waals surface area contributed by atoms with E-state index in [2.05, 4.69) is 12.1 Å². The fourth-order valence-electron chi connectivity index (χ4n) is 2.57. The van der Waals surface area contributed by atoms with Crippen LogP contribution in [0.2, 0.25) is 0 Å². The van der Waals surface area contributed by atoms with Gasteiger partial charge in [-0.25, -0.2) is 0 Å². The first-order chi connectivity index (χ1) is 10.3. The van der Waals surface area contributed by atoms with E-state index in [-0.39, 0.29) is 24.4 Å². The Balaban J connectivity index is 0.00000242. The lowest BCUT2D eigenvalue weighted by Gasteiger charge is -2.30. The van der Waals surface area contributed by atoms with E-state index in [0.29, 0.717) is 13.0 Å². The third-order valence-corrected chi connectivity index (χ3v) is 3.95. The number of likely N-dealkylation sites (tertiary alicyclic amines) is 1. The number of carbonyl (C=O) groups excluding carboxylic acids is 1. The average molecular weight is 327 g/mol. The van der Waals surface area contributed by atoms with Crippen molar-refractivity contribution in [3.63, 3.8) is 0 Å². The van der Waals surface area contributed by atoms with Crippen molar-refractivity contribution in [1.29, 1.82) is 0 Å². The lowest BCUT2D eigenvalue weighted by Crippen LogP contribution is -2.42. The first-order valence-corrected chi connectivity index (χ1v) is 7.91. The molecule has 1 heterocycles. The maximum absolute atomic E-state index is 12.0. The Labute approximate surface area is 139 Å². The van der Waals surface area contributed by atoms with Gasteiger partial charge in [-0.15, -0.1) is 12.4 Å². The van der Waals surface area contributed by atoms with Gasteiger partial charge in [0.15, 0.2) is 0 Å². The molecule has 0 radical (unpaired) electrons. The summed E-state index contributed by atoms with van der Waals surface area (Å²) in [5.41, 5.74) is 7.13. The summed E-state index contributed by atoms with van der Waals surface area (Å²) in [6.45, 7) is 3.01. The second-order valence-corrected chi connectivity index (χ2v) is 5.67. The Hall–Kier alpha value is -1.10. The van der Waals surface area contributed by atoms with Crippen molar-refractivity contribution in [2.24, 2.45) is 5.73 Å². The minimum Gasteiger partial charge on any atom is -0.381 e. The molecule has 2 rings (SSSR count). The van der Waals surface area contributed by atoms with Crippen LogP contribution in [0.5, 0.6) is 0 Å². The van der Waals surface area contributed by atoms with Gasteiger partial charge in [-0.3, -0.25) is 4.79 Å². The van der Waals surface area contributed by atoms with Crippen molar-refractivity contribution in [2.45, 2.75) is 38.1 Å². The summed E-state index contributed by atoms with van der Waals surface area (Å²) in [7, 11) is 0. The maximum Gasteiger partial charge on any atom is 0.222 e. The van der Waals surface area contributed by atoms with Crippen LogP contribution < -0.4 is 5.73 Å². The molecule has 0 spiro atoms. The van der Waals surface area contributed by atoms with Crippen LogP contribution in [0.1, 0.15) is 31.2 Å². The molecule has 1 amide bonds. The fraction of sp³-hybridized carbons (Fsp3) is 0.588. The Bertz CT molecular complexity index is 420. The van der Waals surface area contributed by atoms with Crippen LogP contribution in [-0.4, -0.2) is 43.2 Å². The smallest absolute Gasteiger partial charge is 0.222 e. The average Bonchev–Trinajstić information content (AvgIpc) is 2.52. The van der Waals surface area contributed by atoms with Crippen LogP contribution in [0.15, 0.2) is 30.3 Å². The molecule has 0 atom stereocenters. The topological polar surface area (TPSA) is 55.6 Å². The second kappa shape index (κ2) is 10.6. The van der Waals surface area contributed by atoms with Gasteiger partial charge >= 0.3 is 0 Å². The van der Waals surface area contributed by atoms with Crippen molar-refractivity contribution in [3.8, 4) is 0 Å². The van der Waals surface area contributed by atoms with Crippen LogP contribution in [-0.2, 0) is 16.0 Å². The number of rotatable bonds is 7. The largest absolute Gasteiger partial charge is 0.381 e. The normalized spacial score (nSPS) is 15.4. The molecule has 0 saturated carbocycles. The van der Waals surface area contributed by atoms with Crippen molar-refractivity contribution in [3.05, 3.63) is 35.9 Å². The monoisotopic (exact) mass is 326 g/mol. The van der Waals surface area contributed by atoms with Gasteiger partial charge in [-0.05, 0) is 31.2 Å². The fourth-order valence-corrected chi connectivity index (χ4v) is 2.57. The highest BCUT2D eigenvalue weighted by Crippen LogP contribution is 2.10. The van der Waals surface area contributed by atoms with E-state index in [9.17, 15) is 4.79 Å². The second-order valence-electron chi connectivity index (χ2n) is 5.67. The summed E-state index contributed by atoms with van der Waals surface area (Å²) in [5, 5.41) is 0. The standard InChI is InChI=1S/C17H26N2O2.ClH/c18-16-8-11-19(12-9-16)17(20)7-4-13-21-14-10-15-5-2-1-3-6-15;/h1-3,5-6,16H,4,7-14,18H2;1H. The first-order valence-electron chi connectivity index (χ1n) is 7.91. The van der Waals surface area contributed by atoms with Gasteiger partial charge in [0.25, 0.3) is 0 Å². The van der Waals surface area contributed by atoms with Gasteiger partial charge in [0.2, 0.25) is 5.91 Å². The van der Waals surface area contributed by atoms with E-state index in [0.717, 1.165) is 45.4 Å². The van der Waals surface area contributed by atoms with E-state index >= 15 is 0 Å². The first kappa shape index (κ1) is 18.9. The molecule has 1 aromatic carbocycles. The van der Waals surface area contributed by atoms with Crippen LogP contribution in [0.25, 0.3) is 0 Å². The molecule has 0 unspecified atom stereocenters. The molecule has 0 bridgehead atoms. The third-order valence-electron chi connectivity index (χ3n) is 3.95. The predicted molar refractivity (Wildman–Crippen MR) is 91.2 cm³/mol.